The lowest BCUT2D eigenvalue weighted by molar-refractivity contribution is -0.166. The Balaban J connectivity index is 1.86. The number of rotatable bonds is 7. The predicted molar refractivity (Wildman–Crippen MR) is 79.6 cm³/mol. The minimum atomic E-state index is -0.165. The van der Waals surface area contributed by atoms with Gasteiger partial charge in [0.15, 0.2) is 0 Å². The molecule has 2 atom stereocenters. The van der Waals surface area contributed by atoms with Gasteiger partial charge in [0.1, 0.15) is 0 Å². The summed E-state index contributed by atoms with van der Waals surface area (Å²) in [4.78, 5) is 12.1. The van der Waals surface area contributed by atoms with Crippen molar-refractivity contribution in [2.75, 3.05) is 0 Å². The van der Waals surface area contributed by atoms with Gasteiger partial charge in [-0.05, 0) is 18.4 Å². The van der Waals surface area contributed by atoms with Crippen LogP contribution in [0.5, 0.6) is 0 Å². The summed E-state index contributed by atoms with van der Waals surface area (Å²) in [7, 11) is 0. The largest absolute Gasteiger partial charge is 0.286 e. The van der Waals surface area contributed by atoms with Crippen molar-refractivity contribution >= 4 is 5.91 Å². The van der Waals surface area contributed by atoms with Crippen molar-refractivity contribution in [2.24, 2.45) is 0 Å². The monoisotopic (exact) mass is 275 g/mol. The molecule has 0 bridgehead atoms. The summed E-state index contributed by atoms with van der Waals surface area (Å²) in [6.45, 7) is 2.20. The highest BCUT2D eigenvalue weighted by Crippen LogP contribution is 2.33. The lowest BCUT2D eigenvalue weighted by Crippen LogP contribution is -2.30. The first-order valence-electron chi connectivity index (χ1n) is 7.81. The molecule has 0 aromatic heterocycles. The van der Waals surface area contributed by atoms with Gasteiger partial charge in [0.2, 0.25) is 0 Å². The molecular formula is C17H25NO2. The summed E-state index contributed by atoms with van der Waals surface area (Å²) < 4.78 is 0. The van der Waals surface area contributed by atoms with E-state index >= 15 is 0 Å². The molecule has 1 aliphatic heterocycles. The van der Waals surface area contributed by atoms with Crippen LogP contribution in [0.15, 0.2) is 30.3 Å². The van der Waals surface area contributed by atoms with Crippen LogP contribution in [0.1, 0.15) is 63.4 Å². The molecular weight excluding hydrogens is 250 g/mol. The molecule has 1 N–H and O–H groups in total. The molecule has 1 aromatic rings. The predicted octanol–water partition coefficient (Wildman–Crippen LogP) is 4.12. The van der Waals surface area contributed by atoms with E-state index in [1.165, 1.54) is 25.7 Å². The van der Waals surface area contributed by atoms with Gasteiger partial charge in [0.05, 0.1) is 12.0 Å². The number of amides is 1. The maximum atomic E-state index is 12.1. The van der Waals surface area contributed by atoms with Crippen LogP contribution in [-0.2, 0) is 4.79 Å². The summed E-state index contributed by atoms with van der Waals surface area (Å²) in [5.74, 6) is -0.309. The molecule has 1 fully saturated rings. The maximum Gasteiger partial charge on any atom is 0.253 e. The summed E-state index contributed by atoms with van der Waals surface area (Å²) >= 11 is 0. The number of carbonyl (C=O) groups is 1. The second-order valence-corrected chi connectivity index (χ2v) is 5.74. The summed E-state index contributed by atoms with van der Waals surface area (Å²) in [6.07, 6.45) is 7.72. The quantitative estimate of drug-likeness (QED) is 0.600. The Morgan fingerprint density at radius 1 is 1.15 bits per heavy atom. The average Bonchev–Trinajstić information content (AvgIpc) is 2.76. The zero-order valence-corrected chi connectivity index (χ0v) is 12.3. The maximum absolute atomic E-state index is 12.1. The van der Waals surface area contributed by atoms with E-state index in [1.54, 1.807) is 0 Å². The van der Waals surface area contributed by atoms with Gasteiger partial charge >= 0.3 is 0 Å². The number of hydrogen-bond donors (Lipinski definition) is 1. The van der Waals surface area contributed by atoms with Crippen molar-refractivity contribution < 1.29 is 10.0 Å². The van der Waals surface area contributed by atoms with Crippen molar-refractivity contribution in [3.8, 4) is 0 Å². The van der Waals surface area contributed by atoms with Crippen molar-refractivity contribution in [1.29, 1.82) is 0 Å². The lowest BCUT2D eigenvalue weighted by Gasteiger charge is -2.16. The molecule has 2 rings (SSSR count). The van der Waals surface area contributed by atoms with E-state index in [0.29, 0.717) is 0 Å². The molecule has 0 saturated carbocycles. The van der Waals surface area contributed by atoms with Crippen LogP contribution in [0.3, 0.4) is 0 Å². The third kappa shape index (κ3) is 3.60. The minimum absolute atomic E-state index is 0.00525. The molecule has 1 saturated heterocycles. The van der Waals surface area contributed by atoms with Crippen molar-refractivity contribution in [2.45, 2.75) is 63.8 Å². The van der Waals surface area contributed by atoms with Gasteiger partial charge in [0, 0.05) is 0 Å². The fourth-order valence-electron chi connectivity index (χ4n) is 3.00. The fourth-order valence-corrected chi connectivity index (χ4v) is 3.00. The Hall–Kier alpha value is -1.35. The standard InChI is InChI=1S/C17H25NO2/c1-2-3-4-5-9-12-15-13-16(17(19)18(15)20)14-10-7-6-8-11-14/h6-8,10-11,15-16,20H,2-5,9,12-13H2,1H3. The van der Waals surface area contributed by atoms with Gasteiger partial charge in [-0.3, -0.25) is 10.0 Å². The average molecular weight is 275 g/mol. The van der Waals surface area contributed by atoms with E-state index in [2.05, 4.69) is 6.92 Å². The molecule has 0 aliphatic carbocycles. The van der Waals surface area contributed by atoms with Gasteiger partial charge in [0.25, 0.3) is 5.91 Å². The van der Waals surface area contributed by atoms with Crippen LogP contribution in [0.25, 0.3) is 0 Å². The number of hydrogen-bond acceptors (Lipinski definition) is 2. The first-order chi connectivity index (χ1) is 9.74. The molecule has 1 amide bonds. The first kappa shape index (κ1) is 15.0. The number of unbranched alkanes of at least 4 members (excludes halogenated alkanes) is 4. The summed E-state index contributed by atoms with van der Waals surface area (Å²) in [5, 5.41) is 11.0. The van der Waals surface area contributed by atoms with Crippen molar-refractivity contribution in [3.63, 3.8) is 0 Å². The highest BCUT2D eigenvalue weighted by molar-refractivity contribution is 5.85. The minimum Gasteiger partial charge on any atom is -0.286 e. The Morgan fingerprint density at radius 3 is 2.55 bits per heavy atom. The molecule has 0 radical (unpaired) electrons. The van der Waals surface area contributed by atoms with E-state index in [0.717, 1.165) is 29.9 Å². The molecule has 20 heavy (non-hydrogen) atoms. The highest BCUT2D eigenvalue weighted by atomic mass is 16.5. The van der Waals surface area contributed by atoms with E-state index in [1.807, 2.05) is 30.3 Å². The molecule has 1 heterocycles. The zero-order valence-electron chi connectivity index (χ0n) is 12.3. The Morgan fingerprint density at radius 2 is 1.85 bits per heavy atom. The van der Waals surface area contributed by atoms with E-state index in [9.17, 15) is 10.0 Å². The third-order valence-corrected chi connectivity index (χ3v) is 4.22. The van der Waals surface area contributed by atoms with Crippen molar-refractivity contribution in [3.05, 3.63) is 35.9 Å². The zero-order chi connectivity index (χ0) is 14.4. The van der Waals surface area contributed by atoms with E-state index in [-0.39, 0.29) is 17.9 Å². The van der Waals surface area contributed by atoms with Gasteiger partial charge < -0.3 is 0 Å². The van der Waals surface area contributed by atoms with Crippen LogP contribution in [0.2, 0.25) is 0 Å². The number of hydroxylamine groups is 2. The Bertz CT molecular complexity index is 418. The van der Waals surface area contributed by atoms with Gasteiger partial charge in [-0.1, -0.05) is 69.4 Å². The number of carbonyl (C=O) groups excluding carboxylic acids is 1. The second kappa shape index (κ2) is 7.44. The second-order valence-electron chi connectivity index (χ2n) is 5.74. The fraction of sp³-hybridized carbons (Fsp3) is 0.588. The van der Waals surface area contributed by atoms with E-state index < -0.39 is 0 Å². The SMILES string of the molecule is CCCCCCCC1CC(c2ccccc2)C(=O)N1O. The first-order valence-corrected chi connectivity index (χ1v) is 7.81. The molecule has 3 nitrogen and oxygen atoms in total. The number of nitrogens with zero attached hydrogens (tertiary/aromatic N) is 1. The lowest BCUT2D eigenvalue weighted by atomic mass is 9.94. The molecule has 1 aromatic carbocycles. The van der Waals surface area contributed by atoms with Gasteiger partial charge in [-0.15, -0.1) is 0 Å². The number of benzene rings is 1. The topological polar surface area (TPSA) is 40.5 Å². The van der Waals surface area contributed by atoms with Crippen LogP contribution in [0.4, 0.5) is 0 Å². The summed E-state index contributed by atoms with van der Waals surface area (Å²) in [6, 6.07) is 9.78. The van der Waals surface area contributed by atoms with Crippen molar-refractivity contribution in [1.82, 2.24) is 5.06 Å². The molecule has 110 valence electrons. The van der Waals surface area contributed by atoms with Gasteiger partial charge in [-0.2, -0.15) is 0 Å². The van der Waals surface area contributed by atoms with Crippen LogP contribution < -0.4 is 0 Å². The van der Waals surface area contributed by atoms with E-state index in [4.69, 9.17) is 0 Å². The van der Waals surface area contributed by atoms with Crippen LogP contribution >= 0.6 is 0 Å². The normalized spacial score (nSPS) is 22.5. The molecule has 3 heteroatoms. The third-order valence-electron chi connectivity index (χ3n) is 4.22. The summed E-state index contributed by atoms with van der Waals surface area (Å²) in [5.41, 5.74) is 1.02. The Kier molecular flexibility index (Phi) is 5.60. The smallest absolute Gasteiger partial charge is 0.253 e. The molecule has 0 spiro atoms. The van der Waals surface area contributed by atoms with Crippen LogP contribution in [0, 0.1) is 0 Å². The molecule has 1 aliphatic rings. The van der Waals surface area contributed by atoms with Crippen LogP contribution in [-0.4, -0.2) is 22.2 Å². The Labute approximate surface area is 121 Å². The van der Waals surface area contributed by atoms with Gasteiger partial charge in [-0.25, -0.2) is 5.06 Å². The highest BCUT2D eigenvalue weighted by Gasteiger charge is 2.39. The molecule has 2 unspecified atom stereocenters.